The molecule has 1 amide bonds. The number of hydrogen-bond donors (Lipinski definition) is 1. The highest BCUT2D eigenvalue weighted by Crippen LogP contribution is 2.22. The van der Waals surface area contributed by atoms with Crippen LogP contribution in [0, 0.1) is 5.92 Å². The maximum atomic E-state index is 12.3. The van der Waals surface area contributed by atoms with Gasteiger partial charge in [-0.3, -0.25) is 4.79 Å². The minimum absolute atomic E-state index is 0.239. The first-order valence-electron chi connectivity index (χ1n) is 9.52. The third-order valence-electron chi connectivity index (χ3n) is 4.94. The molecule has 2 aromatic rings. The first-order chi connectivity index (χ1) is 13.1. The minimum Gasteiger partial charge on any atom is -0.449 e. The molecule has 1 heterocycles. The largest absolute Gasteiger partial charge is 0.449 e. The Balaban J connectivity index is 1.46. The van der Waals surface area contributed by atoms with E-state index in [4.69, 9.17) is 4.74 Å². The molecule has 1 aromatic heterocycles. The van der Waals surface area contributed by atoms with Gasteiger partial charge in [-0.25, -0.2) is 14.5 Å². The third kappa shape index (κ3) is 5.64. The molecular formula is C20H26N4O3. The fourth-order valence-corrected chi connectivity index (χ4v) is 3.31. The smallest absolute Gasteiger partial charge is 0.338 e. The fraction of sp³-hybridized carbons (Fsp3) is 0.500. The van der Waals surface area contributed by atoms with Crippen LogP contribution in [0.5, 0.6) is 0 Å². The van der Waals surface area contributed by atoms with E-state index in [1.54, 1.807) is 30.1 Å². The van der Waals surface area contributed by atoms with Gasteiger partial charge < -0.3 is 10.1 Å². The van der Waals surface area contributed by atoms with E-state index in [2.05, 4.69) is 15.4 Å². The molecule has 3 rings (SSSR count). The van der Waals surface area contributed by atoms with Crippen molar-refractivity contribution >= 4 is 11.9 Å². The van der Waals surface area contributed by atoms with Crippen molar-refractivity contribution in [2.75, 3.05) is 6.54 Å². The van der Waals surface area contributed by atoms with E-state index in [-0.39, 0.29) is 5.91 Å². The lowest BCUT2D eigenvalue weighted by molar-refractivity contribution is -0.129. The second kappa shape index (κ2) is 9.30. The number of aromatic nitrogens is 3. The summed E-state index contributed by atoms with van der Waals surface area (Å²) in [4.78, 5) is 28.3. The Morgan fingerprint density at radius 2 is 1.96 bits per heavy atom. The van der Waals surface area contributed by atoms with Crippen LogP contribution in [-0.4, -0.2) is 39.3 Å². The van der Waals surface area contributed by atoms with E-state index < -0.39 is 12.1 Å². The molecule has 1 aromatic carbocycles. The topological polar surface area (TPSA) is 86.1 Å². The van der Waals surface area contributed by atoms with Gasteiger partial charge in [-0.15, -0.1) is 0 Å². The number of esters is 1. The van der Waals surface area contributed by atoms with Crippen LogP contribution in [0.3, 0.4) is 0 Å². The molecule has 0 unspecified atom stereocenters. The number of ether oxygens (including phenoxy) is 1. The molecule has 1 saturated carbocycles. The Bertz CT molecular complexity index is 737. The van der Waals surface area contributed by atoms with Crippen LogP contribution in [0.4, 0.5) is 0 Å². The van der Waals surface area contributed by atoms with Gasteiger partial charge in [0.1, 0.15) is 12.7 Å². The lowest BCUT2D eigenvalue weighted by atomic mass is 9.89. The normalized spacial score (nSPS) is 15.9. The van der Waals surface area contributed by atoms with E-state index in [9.17, 15) is 9.59 Å². The van der Waals surface area contributed by atoms with Gasteiger partial charge in [0, 0.05) is 6.54 Å². The van der Waals surface area contributed by atoms with Crippen molar-refractivity contribution < 1.29 is 14.3 Å². The Hall–Kier alpha value is -2.70. The average molecular weight is 370 g/mol. The van der Waals surface area contributed by atoms with Gasteiger partial charge in [-0.05, 0) is 43.4 Å². The van der Waals surface area contributed by atoms with Gasteiger partial charge in [0.25, 0.3) is 5.91 Å². The second-order valence-corrected chi connectivity index (χ2v) is 7.09. The minimum atomic E-state index is -0.809. The highest BCUT2D eigenvalue weighted by molar-refractivity contribution is 5.92. The summed E-state index contributed by atoms with van der Waals surface area (Å²) in [7, 11) is 0. The van der Waals surface area contributed by atoms with Gasteiger partial charge in [0.2, 0.25) is 0 Å². The number of nitrogens with zero attached hydrogens (tertiary/aromatic N) is 3. The summed E-state index contributed by atoms with van der Waals surface area (Å²) < 4.78 is 7.01. The number of carbonyl (C=O) groups excluding carboxylic acids is 2. The van der Waals surface area contributed by atoms with E-state index in [0.29, 0.717) is 24.6 Å². The van der Waals surface area contributed by atoms with Gasteiger partial charge in [0.15, 0.2) is 6.10 Å². The Kier molecular flexibility index (Phi) is 6.57. The van der Waals surface area contributed by atoms with Crippen LogP contribution >= 0.6 is 0 Å². The predicted molar refractivity (Wildman–Crippen MR) is 100 cm³/mol. The third-order valence-corrected chi connectivity index (χ3v) is 4.94. The maximum Gasteiger partial charge on any atom is 0.338 e. The molecule has 1 aliphatic rings. The zero-order chi connectivity index (χ0) is 19.1. The molecule has 1 atom stereocenters. The standard InChI is InChI=1S/C20H26N4O3/c1-15(19(25)22-11-16-5-3-2-4-6-16)27-20(26)18-9-7-17(8-10-18)12-24-14-21-13-23-24/h7-10,13-16H,2-6,11-12H2,1H3,(H,22,25)/t15-/m1/s1. The Morgan fingerprint density at radius 1 is 1.22 bits per heavy atom. The van der Waals surface area contributed by atoms with Gasteiger partial charge in [-0.2, -0.15) is 5.10 Å². The van der Waals surface area contributed by atoms with E-state index in [1.165, 1.54) is 25.6 Å². The summed E-state index contributed by atoms with van der Waals surface area (Å²) in [5, 5.41) is 6.96. The SMILES string of the molecule is C[C@@H](OC(=O)c1ccc(Cn2cncn2)cc1)C(=O)NCC1CCCCC1. The molecule has 27 heavy (non-hydrogen) atoms. The van der Waals surface area contributed by atoms with E-state index in [0.717, 1.165) is 18.4 Å². The molecule has 144 valence electrons. The molecule has 0 aliphatic heterocycles. The van der Waals surface area contributed by atoms with Crippen molar-refractivity contribution in [3.8, 4) is 0 Å². The lowest BCUT2D eigenvalue weighted by Crippen LogP contribution is -2.38. The van der Waals surface area contributed by atoms with Crippen LogP contribution < -0.4 is 5.32 Å². The lowest BCUT2D eigenvalue weighted by Gasteiger charge is -2.22. The van der Waals surface area contributed by atoms with Crippen molar-refractivity contribution in [2.24, 2.45) is 5.92 Å². The summed E-state index contributed by atoms with van der Waals surface area (Å²) in [6.45, 7) is 2.85. The number of carbonyl (C=O) groups is 2. The van der Waals surface area contributed by atoms with Crippen molar-refractivity contribution in [3.05, 3.63) is 48.0 Å². The predicted octanol–water partition coefficient (Wildman–Crippen LogP) is 2.57. The summed E-state index contributed by atoms with van der Waals surface area (Å²) in [5.74, 6) is -0.192. The number of nitrogens with one attached hydrogen (secondary N) is 1. The second-order valence-electron chi connectivity index (χ2n) is 7.09. The highest BCUT2D eigenvalue weighted by atomic mass is 16.5. The summed E-state index contributed by atoms with van der Waals surface area (Å²) in [6, 6.07) is 7.07. The van der Waals surface area contributed by atoms with Gasteiger partial charge >= 0.3 is 5.97 Å². The molecule has 7 heteroatoms. The molecule has 1 fully saturated rings. The number of hydrogen-bond acceptors (Lipinski definition) is 5. The van der Waals surface area contributed by atoms with Crippen LogP contribution in [0.1, 0.15) is 54.9 Å². The highest BCUT2D eigenvalue weighted by Gasteiger charge is 2.20. The van der Waals surface area contributed by atoms with Crippen molar-refractivity contribution in [1.82, 2.24) is 20.1 Å². The molecule has 0 spiro atoms. The summed E-state index contributed by atoms with van der Waals surface area (Å²) in [6.07, 6.45) is 8.38. The van der Waals surface area contributed by atoms with E-state index in [1.807, 2.05) is 12.1 Å². The summed E-state index contributed by atoms with van der Waals surface area (Å²) in [5.41, 5.74) is 1.42. The molecule has 0 saturated heterocycles. The van der Waals surface area contributed by atoms with Crippen LogP contribution in [0.15, 0.2) is 36.9 Å². The van der Waals surface area contributed by atoms with Gasteiger partial charge in [0.05, 0.1) is 12.1 Å². The van der Waals surface area contributed by atoms with Crippen molar-refractivity contribution in [2.45, 2.75) is 51.7 Å². The molecular weight excluding hydrogens is 344 g/mol. The monoisotopic (exact) mass is 370 g/mol. The molecule has 7 nitrogen and oxygen atoms in total. The first-order valence-corrected chi connectivity index (χ1v) is 9.52. The zero-order valence-electron chi connectivity index (χ0n) is 15.6. The zero-order valence-corrected chi connectivity index (χ0v) is 15.6. The molecule has 1 N–H and O–H groups in total. The Morgan fingerprint density at radius 3 is 2.63 bits per heavy atom. The first kappa shape index (κ1) is 19.1. The molecule has 1 aliphatic carbocycles. The van der Waals surface area contributed by atoms with Crippen molar-refractivity contribution in [3.63, 3.8) is 0 Å². The summed E-state index contributed by atoms with van der Waals surface area (Å²) >= 11 is 0. The molecule has 0 radical (unpaired) electrons. The molecule has 0 bridgehead atoms. The fourth-order valence-electron chi connectivity index (χ4n) is 3.31. The number of benzene rings is 1. The number of rotatable bonds is 7. The van der Waals surface area contributed by atoms with Crippen LogP contribution in [0.25, 0.3) is 0 Å². The van der Waals surface area contributed by atoms with Crippen LogP contribution in [-0.2, 0) is 16.1 Å². The van der Waals surface area contributed by atoms with E-state index >= 15 is 0 Å². The number of amides is 1. The van der Waals surface area contributed by atoms with Gasteiger partial charge in [-0.1, -0.05) is 31.4 Å². The Labute approximate surface area is 159 Å². The van der Waals surface area contributed by atoms with Crippen molar-refractivity contribution in [1.29, 1.82) is 0 Å². The quantitative estimate of drug-likeness (QED) is 0.757. The maximum absolute atomic E-state index is 12.3. The average Bonchev–Trinajstić information content (AvgIpc) is 3.20. The van der Waals surface area contributed by atoms with Crippen LogP contribution in [0.2, 0.25) is 0 Å².